The van der Waals surface area contributed by atoms with E-state index in [0.717, 1.165) is 22.5 Å². The molecular weight excluding hydrogens is 415 g/mol. The van der Waals surface area contributed by atoms with Crippen LogP contribution in [0.25, 0.3) is 11.4 Å². The van der Waals surface area contributed by atoms with E-state index in [-0.39, 0.29) is 17.8 Å². The topological polar surface area (TPSA) is 69.0 Å². The van der Waals surface area contributed by atoms with Crippen molar-refractivity contribution in [1.29, 1.82) is 0 Å². The largest absolute Gasteiger partial charge is 0.383 e. The Morgan fingerprint density at radius 3 is 2.61 bits per heavy atom. The van der Waals surface area contributed by atoms with Crippen LogP contribution >= 0.6 is 11.8 Å². The van der Waals surface area contributed by atoms with Gasteiger partial charge in [-0.1, -0.05) is 47.7 Å². The van der Waals surface area contributed by atoms with Crippen LogP contribution in [0.1, 0.15) is 31.0 Å². The summed E-state index contributed by atoms with van der Waals surface area (Å²) in [6.45, 7) is 6.82. The monoisotopic (exact) mass is 442 g/mol. The highest BCUT2D eigenvalue weighted by atomic mass is 32.2. The Kier molecular flexibility index (Phi) is 7.81. The zero-order chi connectivity index (χ0) is 22.4. The first-order valence-corrected chi connectivity index (χ1v) is 11.0. The molecular formula is C23H27FN4O2S. The number of nitrogens with zero attached hydrogens (tertiary/aromatic N) is 3. The Labute approximate surface area is 186 Å². The maximum absolute atomic E-state index is 13.1. The van der Waals surface area contributed by atoms with E-state index in [9.17, 15) is 9.18 Å². The van der Waals surface area contributed by atoms with Crippen molar-refractivity contribution in [2.75, 3.05) is 13.7 Å². The molecule has 164 valence electrons. The maximum Gasteiger partial charge on any atom is 0.233 e. The maximum atomic E-state index is 13.1. The first kappa shape index (κ1) is 23.0. The van der Waals surface area contributed by atoms with Crippen LogP contribution < -0.4 is 5.32 Å². The number of amides is 1. The van der Waals surface area contributed by atoms with Crippen molar-refractivity contribution in [3.05, 3.63) is 65.5 Å². The Morgan fingerprint density at radius 1 is 1.19 bits per heavy atom. The number of halogens is 1. The molecule has 0 saturated carbocycles. The summed E-state index contributed by atoms with van der Waals surface area (Å²) in [5, 5.41) is 12.0. The van der Waals surface area contributed by atoms with Crippen LogP contribution in [0.2, 0.25) is 0 Å². The number of hydrogen-bond donors (Lipinski definition) is 1. The molecule has 0 saturated heterocycles. The minimum atomic E-state index is -0.390. The summed E-state index contributed by atoms with van der Waals surface area (Å²) in [4.78, 5) is 12.8. The lowest BCUT2D eigenvalue weighted by Gasteiger charge is -2.18. The van der Waals surface area contributed by atoms with Gasteiger partial charge in [0, 0.05) is 12.7 Å². The minimum Gasteiger partial charge on any atom is -0.383 e. The summed E-state index contributed by atoms with van der Waals surface area (Å²) >= 11 is 1.35. The van der Waals surface area contributed by atoms with Gasteiger partial charge >= 0.3 is 0 Å². The standard InChI is InChI=1S/C23H27FN4O2S/c1-15-6-5-7-19(14-15)21-26-27-23(28(21)12-13-30-4)31-17(3)22(29)25-16(2)18-8-10-20(24)11-9-18/h5-11,14,16-17H,12-13H2,1-4H3,(H,25,29). The van der Waals surface area contributed by atoms with E-state index in [4.69, 9.17) is 4.74 Å². The second kappa shape index (κ2) is 10.5. The molecule has 0 radical (unpaired) electrons. The van der Waals surface area contributed by atoms with Crippen LogP contribution in [-0.2, 0) is 16.1 Å². The fourth-order valence-electron chi connectivity index (χ4n) is 3.13. The van der Waals surface area contributed by atoms with Gasteiger partial charge in [0.1, 0.15) is 5.82 Å². The number of benzene rings is 2. The summed E-state index contributed by atoms with van der Waals surface area (Å²) in [5.41, 5.74) is 2.95. The third kappa shape index (κ3) is 5.92. The van der Waals surface area contributed by atoms with Gasteiger partial charge in [0.05, 0.1) is 24.4 Å². The first-order valence-electron chi connectivity index (χ1n) is 10.1. The summed E-state index contributed by atoms with van der Waals surface area (Å²) < 4.78 is 20.4. The number of methoxy groups -OCH3 is 1. The highest BCUT2D eigenvalue weighted by Gasteiger charge is 2.22. The molecule has 0 aliphatic rings. The average Bonchev–Trinajstić information content (AvgIpc) is 3.14. The van der Waals surface area contributed by atoms with Crippen molar-refractivity contribution in [3.63, 3.8) is 0 Å². The minimum absolute atomic E-state index is 0.125. The lowest BCUT2D eigenvalue weighted by atomic mass is 10.1. The lowest BCUT2D eigenvalue weighted by Crippen LogP contribution is -2.33. The highest BCUT2D eigenvalue weighted by molar-refractivity contribution is 8.00. The van der Waals surface area contributed by atoms with Crippen LogP contribution in [0.4, 0.5) is 4.39 Å². The SMILES string of the molecule is COCCn1c(SC(C)C(=O)NC(C)c2ccc(F)cc2)nnc1-c1cccc(C)c1. The number of thioether (sulfide) groups is 1. The van der Waals surface area contributed by atoms with Crippen molar-refractivity contribution < 1.29 is 13.9 Å². The molecule has 2 aromatic carbocycles. The Hall–Kier alpha value is -2.71. The van der Waals surface area contributed by atoms with Gasteiger partial charge in [0.25, 0.3) is 0 Å². The van der Waals surface area contributed by atoms with Gasteiger partial charge < -0.3 is 10.1 Å². The molecule has 8 heteroatoms. The number of carbonyl (C=O) groups excluding carboxylic acids is 1. The molecule has 3 aromatic rings. The Bertz CT molecular complexity index is 1020. The van der Waals surface area contributed by atoms with Gasteiger partial charge in [-0.05, 0) is 44.5 Å². The fraction of sp³-hybridized carbons (Fsp3) is 0.348. The highest BCUT2D eigenvalue weighted by Crippen LogP contribution is 2.28. The van der Waals surface area contributed by atoms with Crippen LogP contribution in [0.15, 0.2) is 53.7 Å². The van der Waals surface area contributed by atoms with E-state index >= 15 is 0 Å². The van der Waals surface area contributed by atoms with Gasteiger partial charge in [-0.2, -0.15) is 0 Å². The van der Waals surface area contributed by atoms with E-state index in [2.05, 4.69) is 21.6 Å². The van der Waals surface area contributed by atoms with E-state index in [0.29, 0.717) is 18.3 Å². The molecule has 0 spiro atoms. The summed E-state index contributed by atoms with van der Waals surface area (Å²) in [6, 6.07) is 14.0. The van der Waals surface area contributed by atoms with Gasteiger partial charge in [0.15, 0.2) is 11.0 Å². The second-order valence-electron chi connectivity index (χ2n) is 7.36. The molecule has 2 atom stereocenters. The molecule has 2 unspecified atom stereocenters. The molecule has 1 heterocycles. The van der Waals surface area contributed by atoms with Crippen molar-refractivity contribution in [3.8, 4) is 11.4 Å². The number of aryl methyl sites for hydroxylation is 1. The van der Waals surface area contributed by atoms with Gasteiger partial charge in [0.2, 0.25) is 5.91 Å². The Balaban J connectivity index is 1.74. The predicted molar refractivity (Wildman–Crippen MR) is 120 cm³/mol. The summed E-state index contributed by atoms with van der Waals surface area (Å²) in [7, 11) is 1.65. The number of nitrogens with one attached hydrogen (secondary N) is 1. The van der Waals surface area contributed by atoms with Gasteiger partial charge in [-0.3, -0.25) is 9.36 Å². The average molecular weight is 443 g/mol. The number of ether oxygens (including phenoxy) is 1. The molecule has 1 aromatic heterocycles. The Morgan fingerprint density at radius 2 is 1.94 bits per heavy atom. The molecule has 0 bridgehead atoms. The number of rotatable bonds is 9. The molecule has 1 amide bonds. The smallest absolute Gasteiger partial charge is 0.233 e. The van der Waals surface area contributed by atoms with Crippen LogP contribution in [0.5, 0.6) is 0 Å². The number of aromatic nitrogens is 3. The van der Waals surface area contributed by atoms with Gasteiger partial charge in [-0.25, -0.2) is 4.39 Å². The number of carbonyl (C=O) groups is 1. The summed E-state index contributed by atoms with van der Waals surface area (Å²) in [5.74, 6) is 0.321. The van der Waals surface area contributed by atoms with E-state index in [1.54, 1.807) is 19.2 Å². The molecule has 0 aliphatic heterocycles. The fourth-order valence-corrected chi connectivity index (χ4v) is 4.02. The number of hydrogen-bond acceptors (Lipinski definition) is 5. The van der Waals surface area contributed by atoms with E-state index in [1.807, 2.05) is 43.5 Å². The molecule has 6 nitrogen and oxygen atoms in total. The van der Waals surface area contributed by atoms with Crippen LogP contribution in [0, 0.1) is 12.7 Å². The normalized spacial score (nSPS) is 13.1. The van der Waals surface area contributed by atoms with Crippen molar-refractivity contribution in [2.24, 2.45) is 0 Å². The zero-order valence-corrected chi connectivity index (χ0v) is 18.9. The third-order valence-corrected chi connectivity index (χ3v) is 5.97. The van der Waals surface area contributed by atoms with Crippen molar-refractivity contribution in [1.82, 2.24) is 20.1 Å². The molecule has 0 fully saturated rings. The lowest BCUT2D eigenvalue weighted by molar-refractivity contribution is -0.120. The third-order valence-electron chi connectivity index (χ3n) is 4.89. The second-order valence-corrected chi connectivity index (χ2v) is 8.67. The van der Waals surface area contributed by atoms with Crippen molar-refractivity contribution in [2.45, 2.75) is 43.8 Å². The van der Waals surface area contributed by atoms with Crippen LogP contribution in [0.3, 0.4) is 0 Å². The van der Waals surface area contributed by atoms with E-state index in [1.165, 1.54) is 23.9 Å². The van der Waals surface area contributed by atoms with Gasteiger partial charge in [-0.15, -0.1) is 10.2 Å². The van der Waals surface area contributed by atoms with Crippen LogP contribution in [-0.4, -0.2) is 39.6 Å². The molecule has 0 aliphatic carbocycles. The molecule has 3 rings (SSSR count). The summed E-state index contributed by atoms with van der Waals surface area (Å²) in [6.07, 6.45) is 0. The van der Waals surface area contributed by atoms with Crippen molar-refractivity contribution >= 4 is 17.7 Å². The molecule has 31 heavy (non-hydrogen) atoms. The van der Waals surface area contributed by atoms with E-state index < -0.39 is 5.25 Å². The quantitative estimate of drug-likeness (QED) is 0.498. The molecule has 1 N–H and O–H groups in total. The predicted octanol–water partition coefficient (Wildman–Crippen LogP) is 4.40. The first-order chi connectivity index (χ1) is 14.9. The zero-order valence-electron chi connectivity index (χ0n) is 18.1.